The van der Waals surface area contributed by atoms with Gasteiger partial charge < -0.3 is 14.2 Å². The largest absolute Gasteiger partial charge is 0.462 e. The fraction of sp³-hybridized carbons (Fsp3) is 0.500. The summed E-state index contributed by atoms with van der Waals surface area (Å²) in [5.74, 6) is -0.916. The van der Waals surface area contributed by atoms with Gasteiger partial charge in [-0.15, -0.1) is 0 Å². The Morgan fingerprint density at radius 3 is 2.18 bits per heavy atom. The van der Waals surface area contributed by atoms with E-state index in [0.717, 1.165) is 16.4 Å². The van der Waals surface area contributed by atoms with Gasteiger partial charge in [-0.25, -0.2) is 9.59 Å². The Bertz CT molecular complexity index is 501. The van der Waals surface area contributed by atoms with E-state index < -0.39 is 11.9 Å². The highest BCUT2D eigenvalue weighted by Gasteiger charge is 2.14. The minimum Gasteiger partial charge on any atom is -0.462 e. The number of unbranched alkanes of at least 4 members (excludes halogenated alkanes) is 1. The Labute approximate surface area is 144 Å². The summed E-state index contributed by atoms with van der Waals surface area (Å²) < 4.78 is 16.2. The van der Waals surface area contributed by atoms with Crippen LogP contribution in [-0.2, 0) is 14.2 Å². The van der Waals surface area contributed by atoms with Gasteiger partial charge in [0.1, 0.15) is 6.61 Å². The van der Waals surface area contributed by atoms with E-state index in [1.807, 2.05) is 22.6 Å². The minimum atomic E-state index is -0.469. The van der Waals surface area contributed by atoms with E-state index >= 15 is 0 Å². The summed E-state index contributed by atoms with van der Waals surface area (Å²) >= 11 is 2.05. The van der Waals surface area contributed by atoms with E-state index in [4.69, 9.17) is 14.2 Å². The molecule has 0 heterocycles. The smallest absolute Gasteiger partial charge is 0.338 e. The van der Waals surface area contributed by atoms with Crippen LogP contribution in [0.3, 0.4) is 0 Å². The zero-order valence-electron chi connectivity index (χ0n) is 12.9. The molecule has 6 heteroatoms. The van der Waals surface area contributed by atoms with Crippen molar-refractivity contribution in [2.24, 2.45) is 0 Å². The molecular formula is C16H21IO5. The molecule has 0 aromatic heterocycles. The van der Waals surface area contributed by atoms with Gasteiger partial charge in [-0.3, -0.25) is 0 Å². The van der Waals surface area contributed by atoms with Crippen molar-refractivity contribution in [1.82, 2.24) is 0 Å². The molecule has 0 spiro atoms. The van der Waals surface area contributed by atoms with E-state index in [9.17, 15) is 9.59 Å². The van der Waals surface area contributed by atoms with E-state index in [2.05, 4.69) is 6.92 Å². The first-order valence-electron chi connectivity index (χ1n) is 7.31. The Morgan fingerprint density at radius 2 is 1.59 bits per heavy atom. The highest BCUT2D eigenvalue weighted by atomic mass is 127. The van der Waals surface area contributed by atoms with Crippen LogP contribution in [0.15, 0.2) is 18.2 Å². The van der Waals surface area contributed by atoms with Crippen LogP contribution in [0.4, 0.5) is 0 Å². The normalized spacial score (nSPS) is 10.3. The highest BCUT2D eigenvalue weighted by molar-refractivity contribution is 14.1. The average Bonchev–Trinajstić information content (AvgIpc) is 2.50. The lowest BCUT2D eigenvalue weighted by Gasteiger charge is -2.08. The van der Waals surface area contributed by atoms with Crippen molar-refractivity contribution in [2.75, 3.05) is 26.4 Å². The van der Waals surface area contributed by atoms with E-state index in [0.29, 0.717) is 30.9 Å². The maximum Gasteiger partial charge on any atom is 0.338 e. The van der Waals surface area contributed by atoms with Crippen LogP contribution in [0.2, 0.25) is 0 Å². The number of carbonyl (C=O) groups excluding carboxylic acids is 2. The summed E-state index contributed by atoms with van der Waals surface area (Å²) in [4.78, 5) is 23.7. The zero-order chi connectivity index (χ0) is 16.4. The second kappa shape index (κ2) is 10.6. The molecule has 0 atom stereocenters. The molecule has 0 unspecified atom stereocenters. The molecule has 0 radical (unpaired) electrons. The highest BCUT2D eigenvalue weighted by Crippen LogP contribution is 2.15. The van der Waals surface area contributed by atoms with E-state index in [1.165, 1.54) is 6.07 Å². The summed E-state index contributed by atoms with van der Waals surface area (Å²) in [6.07, 6.45) is 2.06. The Hall–Kier alpha value is -1.15. The van der Waals surface area contributed by atoms with Gasteiger partial charge in [-0.05, 0) is 54.1 Å². The maximum absolute atomic E-state index is 12.0. The molecule has 1 aromatic carbocycles. The molecule has 0 aliphatic carbocycles. The van der Waals surface area contributed by atoms with Crippen molar-refractivity contribution in [1.29, 1.82) is 0 Å². The van der Waals surface area contributed by atoms with Crippen LogP contribution in [0.1, 0.15) is 47.4 Å². The molecule has 0 amide bonds. The molecule has 0 fully saturated rings. The van der Waals surface area contributed by atoms with Gasteiger partial charge in [0.25, 0.3) is 0 Å². The van der Waals surface area contributed by atoms with Gasteiger partial charge in [0.05, 0.1) is 24.3 Å². The topological polar surface area (TPSA) is 61.8 Å². The third kappa shape index (κ3) is 6.74. The van der Waals surface area contributed by atoms with Crippen molar-refractivity contribution >= 4 is 34.5 Å². The van der Waals surface area contributed by atoms with Gasteiger partial charge in [0.2, 0.25) is 0 Å². The van der Waals surface area contributed by atoms with Crippen molar-refractivity contribution in [2.45, 2.75) is 26.7 Å². The molecule has 0 N–H and O–H groups in total. The monoisotopic (exact) mass is 420 g/mol. The first kappa shape index (κ1) is 18.9. The Kier molecular flexibility index (Phi) is 9.07. The van der Waals surface area contributed by atoms with Crippen molar-refractivity contribution in [3.05, 3.63) is 32.9 Å². The third-order valence-electron chi connectivity index (χ3n) is 2.75. The molecular weight excluding hydrogens is 399 g/mol. The van der Waals surface area contributed by atoms with Crippen LogP contribution < -0.4 is 0 Å². The van der Waals surface area contributed by atoms with Gasteiger partial charge in [-0.2, -0.15) is 0 Å². The maximum atomic E-state index is 12.0. The molecule has 5 nitrogen and oxygen atoms in total. The molecule has 1 rings (SSSR count). The number of benzene rings is 1. The lowest BCUT2D eigenvalue weighted by Crippen LogP contribution is -2.13. The van der Waals surface area contributed by atoms with Crippen molar-refractivity contribution in [3.8, 4) is 0 Å². The second-order valence-corrected chi connectivity index (χ2v) is 5.80. The molecule has 0 saturated heterocycles. The van der Waals surface area contributed by atoms with Crippen LogP contribution in [0.5, 0.6) is 0 Å². The molecule has 22 heavy (non-hydrogen) atoms. The molecule has 0 aliphatic heterocycles. The second-order valence-electron chi connectivity index (χ2n) is 4.55. The first-order valence-corrected chi connectivity index (χ1v) is 8.39. The molecule has 0 aliphatic rings. The van der Waals surface area contributed by atoms with Crippen LogP contribution in [0, 0.1) is 3.57 Å². The quantitative estimate of drug-likeness (QED) is 0.348. The number of ether oxygens (including phenoxy) is 3. The van der Waals surface area contributed by atoms with E-state index in [-0.39, 0.29) is 6.61 Å². The number of hydrogen-bond acceptors (Lipinski definition) is 5. The number of halogens is 1. The predicted octanol–water partition coefficient (Wildman–Crippen LogP) is 3.44. The van der Waals surface area contributed by atoms with Gasteiger partial charge in [-0.1, -0.05) is 13.3 Å². The number of rotatable bonds is 9. The lowest BCUT2D eigenvalue weighted by atomic mass is 10.1. The van der Waals surface area contributed by atoms with Crippen LogP contribution in [0.25, 0.3) is 0 Å². The standard InChI is InChI=1S/C16H21IO5/c1-3-5-6-20-7-8-22-16(19)13-9-12(10-14(17)11-13)15(18)21-4-2/h9-11H,3-8H2,1-2H3. The number of esters is 2. The summed E-state index contributed by atoms with van der Waals surface area (Å²) in [5, 5.41) is 0. The van der Waals surface area contributed by atoms with Gasteiger partial charge in [0.15, 0.2) is 0 Å². The van der Waals surface area contributed by atoms with E-state index in [1.54, 1.807) is 19.1 Å². The van der Waals surface area contributed by atoms with Gasteiger partial charge in [0, 0.05) is 10.2 Å². The third-order valence-corrected chi connectivity index (χ3v) is 3.37. The predicted molar refractivity (Wildman–Crippen MR) is 91.1 cm³/mol. The first-order chi connectivity index (χ1) is 10.6. The summed E-state index contributed by atoms with van der Waals surface area (Å²) in [6.45, 7) is 5.35. The average molecular weight is 420 g/mol. The summed E-state index contributed by atoms with van der Waals surface area (Å²) in [5.41, 5.74) is 0.684. The zero-order valence-corrected chi connectivity index (χ0v) is 15.1. The van der Waals surface area contributed by atoms with Crippen molar-refractivity contribution < 1.29 is 23.8 Å². The van der Waals surface area contributed by atoms with Crippen LogP contribution in [-0.4, -0.2) is 38.4 Å². The fourth-order valence-corrected chi connectivity index (χ4v) is 2.34. The molecule has 0 saturated carbocycles. The SMILES string of the molecule is CCCCOCCOC(=O)c1cc(I)cc(C(=O)OCC)c1. The minimum absolute atomic E-state index is 0.197. The molecule has 0 bridgehead atoms. The van der Waals surface area contributed by atoms with Gasteiger partial charge >= 0.3 is 11.9 Å². The molecule has 122 valence electrons. The number of carbonyl (C=O) groups is 2. The summed E-state index contributed by atoms with van der Waals surface area (Å²) in [6, 6.07) is 4.83. The molecule has 1 aromatic rings. The van der Waals surface area contributed by atoms with Crippen molar-refractivity contribution in [3.63, 3.8) is 0 Å². The Morgan fingerprint density at radius 1 is 0.955 bits per heavy atom. The number of hydrogen-bond donors (Lipinski definition) is 0. The Balaban J connectivity index is 2.56. The fourth-order valence-electron chi connectivity index (χ4n) is 1.66. The summed E-state index contributed by atoms with van der Waals surface area (Å²) in [7, 11) is 0. The van der Waals surface area contributed by atoms with Crippen LogP contribution >= 0.6 is 22.6 Å². The lowest BCUT2D eigenvalue weighted by molar-refractivity contribution is 0.0313.